The van der Waals surface area contributed by atoms with E-state index in [1.807, 2.05) is 18.2 Å². The maximum Gasteiger partial charge on any atom is 0.277 e. The van der Waals surface area contributed by atoms with Crippen LogP contribution in [0, 0.1) is 0 Å². The second-order valence-corrected chi connectivity index (χ2v) is 9.70. The van der Waals surface area contributed by atoms with Crippen molar-refractivity contribution in [3.63, 3.8) is 0 Å². The first-order valence-electron chi connectivity index (χ1n) is 12.3. The lowest BCUT2D eigenvalue weighted by Crippen LogP contribution is -2.71. The molecule has 1 fully saturated rings. The van der Waals surface area contributed by atoms with E-state index < -0.39 is 6.04 Å². The number of quaternary nitrogens is 1. The summed E-state index contributed by atoms with van der Waals surface area (Å²) in [5.41, 5.74) is 7.16. The number of imidazole rings is 1. The fourth-order valence-electron chi connectivity index (χ4n) is 5.08. The summed E-state index contributed by atoms with van der Waals surface area (Å²) in [6.07, 6.45) is 7.91. The van der Waals surface area contributed by atoms with Gasteiger partial charge in [0.15, 0.2) is 17.5 Å². The molecule has 1 aromatic carbocycles. The zero-order valence-electron chi connectivity index (χ0n) is 20.3. The number of carbonyl (C=O) groups is 1. The highest BCUT2D eigenvalue weighted by molar-refractivity contribution is 6.29. The molecule has 4 heterocycles. The van der Waals surface area contributed by atoms with E-state index in [-0.39, 0.29) is 12.7 Å². The number of unbranched alkanes of at least 4 members (excludes halogenated alkanes) is 1. The fourth-order valence-corrected chi connectivity index (χ4v) is 5.26. The molecule has 190 valence electrons. The number of carbonyl (C=O) groups excluding carboxylic acids is 1. The van der Waals surface area contributed by atoms with Crippen LogP contribution in [0.3, 0.4) is 0 Å². The molecule has 2 atom stereocenters. The van der Waals surface area contributed by atoms with E-state index in [4.69, 9.17) is 31.8 Å². The summed E-state index contributed by atoms with van der Waals surface area (Å²) in [6, 6.07) is 7.24. The van der Waals surface area contributed by atoms with Gasteiger partial charge >= 0.3 is 0 Å². The SMILES string of the molecule is CCCCN1CC[N+](CCc2ccc3c(c2)OCO3)(c2cc(Cl)nc(-n3ccnc3)n2)C(C(N)=O)C1. The molecule has 11 heteroatoms. The minimum atomic E-state index is -0.480. The van der Waals surface area contributed by atoms with Crippen LogP contribution in [0.25, 0.3) is 5.95 Å². The Morgan fingerprint density at radius 2 is 2.11 bits per heavy atom. The first kappa shape index (κ1) is 24.5. The number of hydrogen-bond donors (Lipinski definition) is 1. The number of piperazine rings is 1. The second kappa shape index (κ2) is 10.4. The molecule has 1 saturated heterocycles. The number of halogens is 1. The highest BCUT2D eigenvalue weighted by atomic mass is 35.5. The van der Waals surface area contributed by atoms with Gasteiger partial charge in [0.25, 0.3) is 5.91 Å². The third kappa shape index (κ3) is 4.88. The summed E-state index contributed by atoms with van der Waals surface area (Å²) in [5.74, 6) is 2.23. The lowest BCUT2D eigenvalue weighted by molar-refractivity contribution is -0.125. The number of amides is 1. The Labute approximate surface area is 215 Å². The second-order valence-electron chi connectivity index (χ2n) is 9.31. The number of ether oxygens (including phenoxy) is 2. The van der Waals surface area contributed by atoms with Crippen molar-refractivity contribution in [3.05, 3.63) is 53.7 Å². The van der Waals surface area contributed by atoms with Gasteiger partial charge < -0.3 is 15.2 Å². The number of aromatic nitrogens is 4. The minimum absolute atomic E-state index is 0.229. The monoisotopic (exact) mass is 512 g/mol. The molecule has 3 aromatic rings. The molecule has 5 rings (SSSR count). The lowest BCUT2D eigenvalue weighted by Gasteiger charge is -2.48. The molecule has 2 aliphatic heterocycles. The summed E-state index contributed by atoms with van der Waals surface area (Å²) < 4.78 is 13.0. The number of hydrogen-bond acceptors (Lipinski definition) is 7. The van der Waals surface area contributed by atoms with Gasteiger partial charge in [0, 0.05) is 25.4 Å². The molecule has 2 N–H and O–H groups in total. The van der Waals surface area contributed by atoms with E-state index in [9.17, 15) is 4.79 Å². The van der Waals surface area contributed by atoms with Crippen LogP contribution in [-0.4, -0.2) is 75.9 Å². The van der Waals surface area contributed by atoms with E-state index in [0.29, 0.717) is 47.5 Å². The zero-order valence-corrected chi connectivity index (χ0v) is 21.1. The number of benzene rings is 1. The minimum Gasteiger partial charge on any atom is -0.454 e. The molecule has 0 spiro atoms. The van der Waals surface area contributed by atoms with E-state index in [1.54, 1.807) is 29.4 Å². The Morgan fingerprint density at radius 3 is 2.89 bits per heavy atom. The molecule has 2 unspecified atom stereocenters. The summed E-state index contributed by atoms with van der Waals surface area (Å²) in [6.45, 7) is 6.03. The maximum absolute atomic E-state index is 13.0. The molecular weight excluding hydrogens is 482 g/mol. The van der Waals surface area contributed by atoms with Crippen LogP contribution in [-0.2, 0) is 11.2 Å². The summed E-state index contributed by atoms with van der Waals surface area (Å²) in [7, 11) is 0. The van der Waals surface area contributed by atoms with Gasteiger partial charge in [0.1, 0.15) is 11.5 Å². The van der Waals surface area contributed by atoms with Gasteiger partial charge in [-0.3, -0.25) is 18.7 Å². The molecule has 1 amide bonds. The average Bonchev–Trinajstić information content (AvgIpc) is 3.58. The number of primary amides is 1. The van der Waals surface area contributed by atoms with Crippen molar-refractivity contribution in [2.24, 2.45) is 5.73 Å². The summed E-state index contributed by atoms with van der Waals surface area (Å²) in [4.78, 5) is 28.7. The van der Waals surface area contributed by atoms with Gasteiger partial charge in [-0.25, -0.2) is 4.98 Å². The first-order chi connectivity index (χ1) is 17.5. The van der Waals surface area contributed by atoms with Crippen molar-refractivity contribution in [2.75, 3.05) is 39.5 Å². The normalized spacial score (nSPS) is 21.6. The van der Waals surface area contributed by atoms with Gasteiger partial charge in [-0.1, -0.05) is 31.0 Å². The Hall–Kier alpha value is -3.21. The van der Waals surface area contributed by atoms with Crippen LogP contribution < -0.4 is 19.7 Å². The third-order valence-corrected chi connectivity index (χ3v) is 7.29. The smallest absolute Gasteiger partial charge is 0.277 e. The van der Waals surface area contributed by atoms with Gasteiger partial charge in [0.05, 0.1) is 25.7 Å². The van der Waals surface area contributed by atoms with Crippen LogP contribution in [0.4, 0.5) is 5.82 Å². The van der Waals surface area contributed by atoms with Gasteiger partial charge in [-0.2, -0.15) is 9.97 Å². The quantitative estimate of drug-likeness (QED) is 0.346. The maximum atomic E-state index is 13.0. The van der Waals surface area contributed by atoms with Gasteiger partial charge in [-0.05, 0) is 30.7 Å². The van der Waals surface area contributed by atoms with E-state index in [0.717, 1.165) is 43.0 Å². The average molecular weight is 513 g/mol. The molecule has 2 aliphatic rings. The first-order valence-corrected chi connectivity index (χ1v) is 12.7. The van der Waals surface area contributed by atoms with Crippen LogP contribution >= 0.6 is 11.6 Å². The number of nitrogens with zero attached hydrogens (tertiary/aromatic N) is 6. The summed E-state index contributed by atoms with van der Waals surface area (Å²) in [5, 5.41) is 0.306. The molecule has 0 bridgehead atoms. The van der Waals surface area contributed by atoms with E-state index in [1.165, 1.54) is 0 Å². The van der Waals surface area contributed by atoms with Crippen molar-refractivity contribution < 1.29 is 14.3 Å². The Kier molecular flexibility index (Phi) is 7.08. The van der Waals surface area contributed by atoms with Crippen LogP contribution in [0.2, 0.25) is 5.15 Å². The molecule has 0 radical (unpaired) electrons. The Morgan fingerprint density at radius 1 is 1.25 bits per heavy atom. The van der Waals surface area contributed by atoms with E-state index in [2.05, 4.69) is 21.8 Å². The number of fused-ring (bicyclic) bond motifs is 1. The third-order valence-electron chi connectivity index (χ3n) is 7.10. The molecule has 2 aromatic heterocycles. The Bertz CT molecular complexity index is 1220. The number of nitrogens with two attached hydrogens (primary N) is 1. The highest BCUT2D eigenvalue weighted by Crippen LogP contribution is 2.35. The van der Waals surface area contributed by atoms with Crippen LogP contribution in [0.1, 0.15) is 25.3 Å². The highest BCUT2D eigenvalue weighted by Gasteiger charge is 2.48. The van der Waals surface area contributed by atoms with E-state index >= 15 is 0 Å². The van der Waals surface area contributed by atoms with Crippen molar-refractivity contribution in [1.29, 1.82) is 0 Å². The standard InChI is InChI=1S/C25H30ClN7O3/c1-2-3-8-31-10-12-33(19(15-31)24(27)34,11-6-18-4-5-20-21(13-18)36-17-35-20)23-14-22(26)29-25(30-23)32-9-7-28-16-32/h4-5,7,9,13-14,16,19H,2-3,6,8,10-12,15,17H2,1H3,(H-,27,34)/p+1. The topological polar surface area (TPSA) is 108 Å². The van der Waals surface area contributed by atoms with Crippen molar-refractivity contribution in [2.45, 2.75) is 32.2 Å². The predicted octanol–water partition coefficient (Wildman–Crippen LogP) is 2.56. The Balaban J connectivity index is 1.53. The molecular formula is C25H31ClN7O3+. The van der Waals surface area contributed by atoms with Crippen molar-refractivity contribution in [3.8, 4) is 17.4 Å². The molecule has 10 nitrogen and oxygen atoms in total. The lowest BCUT2D eigenvalue weighted by atomic mass is 10.0. The van der Waals surface area contributed by atoms with Crippen molar-refractivity contribution in [1.82, 2.24) is 28.9 Å². The van der Waals surface area contributed by atoms with Crippen LogP contribution in [0.5, 0.6) is 11.5 Å². The van der Waals surface area contributed by atoms with Crippen LogP contribution in [0.15, 0.2) is 43.0 Å². The predicted molar refractivity (Wildman–Crippen MR) is 136 cm³/mol. The largest absolute Gasteiger partial charge is 0.454 e. The molecule has 0 saturated carbocycles. The number of rotatable bonds is 9. The van der Waals surface area contributed by atoms with Gasteiger partial charge in [0.2, 0.25) is 18.6 Å². The zero-order chi connectivity index (χ0) is 25.1. The fraction of sp³-hybridized carbons (Fsp3) is 0.440. The molecule has 36 heavy (non-hydrogen) atoms. The van der Waals surface area contributed by atoms with Gasteiger partial charge in [-0.15, -0.1) is 0 Å². The summed E-state index contributed by atoms with van der Waals surface area (Å²) >= 11 is 6.50. The van der Waals surface area contributed by atoms with Crippen molar-refractivity contribution >= 4 is 23.3 Å². The molecule has 0 aliphatic carbocycles.